The van der Waals surface area contributed by atoms with Gasteiger partial charge in [-0.05, 0) is 37.6 Å². The Morgan fingerprint density at radius 1 is 1.05 bits per heavy atom. The molecule has 1 atom stereocenters. The average molecular weight is 356 g/mol. The summed E-state index contributed by atoms with van der Waals surface area (Å²) in [6.45, 7) is 4.33. The number of nitrogens with zero attached hydrogens (tertiary/aromatic N) is 2. The summed E-state index contributed by atoms with van der Waals surface area (Å²) in [6, 6.07) is 16.6. The largest absolute Gasteiger partial charge is 0.367 e. The zero-order valence-electron chi connectivity index (χ0n) is 12.7. The molecule has 1 N–H and O–H groups in total. The third-order valence-corrected chi connectivity index (χ3v) is 4.23. The number of anilines is 1. The van der Waals surface area contributed by atoms with Crippen molar-refractivity contribution in [2.75, 3.05) is 5.32 Å². The molecule has 112 valence electrons. The zero-order valence-corrected chi connectivity index (χ0v) is 14.3. The second-order valence-corrected chi connectivity index (χ2v) is 6.29. The lowest BCUT2D eigenvalue weighted by Crippen LogP contribution is -2.15. The van der Waals surface area contributed by atoms with Gasteiger partial charge in [-0.3, -0.25) is 0 Å². The second-order valence-electron chi connectivity index (χ2n) is 5.37. The summed E-state index contributed by atoms with van der Waals surface area (Å²) in [5, 5.41) is 4.55. The zero-order chi connectivity index (χ0) is 15.5. The van der Waals surface area contributed by atoms with Gasteiger partial charge in [-0.1, -0.05) is 47.1 Å². The van der Waals surface area contributed by atoms with Crippen molar-refractivity contribution in [3.8, 4) is 11.4 Å². The van der Waals surface area contributed by atoms with Gasteiger partial charge in [0, 0.05) is 21.5 Å². The number of aromatic nitrogens is 2. The molecule has 2 aromatic carbocycles. The highest BCUT2D eigenvalue weighted by atomic mass is 79.9. The van der Waals surface area contributed by atoms with Crippen LogP contribution in [0.1, 0.15) is 20.3 Å². The van der Waals surface area contributed by atoms with Gasteiger partial charge in [-0.25, -0.2) is 9.97 Å². The summed E-state index contributed by atoms with van der Waals surface area (Å²) in [7, 11) is 0. The average Bonchev–Trinajstić information content (AvgIpc) is 2.55. The third-order valence-electron chi connectivity index (χ3n) is 3.70. The van der Waals surface area contributed by atoms with Crippen molar-refractivity contribution >= 4 is 32.7 Å². The monoisotopic (exact) mass is 355 g/mol. The highest BCUT2D eigenvalue weighted by Crippen LogP contribution is 2.26. The fourth-order valence-corrected chi connectivity index (χ4v) is 2.51. The van der Waals surface area contributed by atoms with Crippen molar-refractivity contribution in [1.82, 2.24) is 9.97 Å². The van der Waals surface area contributed by atoms with Gasteiger partial charge in [-0.15, -0.1) is 0 Å². The highest BCUT2D eigenvalue weighted by molar-refractivity contribution is 9.10. The van der Waals surface area contributed by atoms with Crippen LogP contribution in [0.3, 0.4) is 0 Å². The van der Waals surface area contributed by atoms with Gasteiger partial charge in [0.15, 0.2) is 5.82 Å². The van der Waals surface area contributed by atoms with Crippen molar-refractivity contribution in [1.29, 1.82) is 0 Å². The molecule has 3 nitrogen and oxygen atoms in total. The quantitative estimate of drug-likeness (QED) is 0.692. The van der Waals surface area contributed by atoms with Gasteiger partial charge >= 0.3 is 0 Å². The van der Waals surface area contributed by atoms with Crippen LogP contribution in [0.2, 0.25) is 0 Å². The van der Waals surface area contributed by atoms with Crippen molar-refractivity contribution in [2.24, 2.45) is 0 Å². The first kappa shape index (κ1) is 15.0. The fraction of sp³-hybridized carbons (Fsp3) is 0.222. The van der Waals surface area contributed by atoms with Crippen LogP contribution in [0.15, 0.2) is 53.0 Å². The molecule has 1 aromatic heterocycles. The molecule has 22 heavy (non-hydrogen) atoms. The Hall–Kier alpha value is -1.94. The molecular formula is C18H18BrN3. The van der Waals surface area contributed by atoms with Crippen LogP contribution in [0.5, 0.6) is 0 Å². The lowest BCUT2D eigenvalue weighted by atomic mass is 10.1. The summed E-state index contributed by atoms with van der Waals surface area (Å²) in [5.74, 6) is 1.65. The SMILES string of the molecule is CCC(C)Nc1nc(-c2ccc(Br)cc2)nc2ccccc12. The van der Waals surface area contributed by atoms with E-state index in [0.29, 0.717) is 6.04 Å². The van der Waals surface area contributed by atoms with Crippen LogP contribution in [-0.2, 0) is 0 Å². The van der Waals surface area contributed by atoms with Gasteiger partial charge in [0.1, 0.15) is 5.82 Å². The molecular weight excluding hydrogens is 338 g/mol. The number of nitrogens with one attached hydrogen (secondary N) is 1. The predicted octanol–water partition coefficient (Wildman–Crippen LogP) is 5.27. The van der Waals surface area contributed by atoms with E-state index in [1.54, 1.807) is 0 Å². The van der Waals surface area contributed by atoms with E-state index in [-0.39, 0.29) is 0 Å². The predicted molar refractivity (Wildman–Crippen MR) is 96.0 cm³/mol. The number of benzene rings is 2. The van der Waals surface area contributed by atoms with Gasteiger partial charge < -0.3 is 5.32 Å². The van der Waals surface area contributed by atoms with E-state index in [0.717, 1.165) is 39.0 Å². The normalized spacial score (nSPS) is 12.3. The van der Waals surface area contributed by atoms with Crippen molar-refractivity contribution in [3.63, 3.8) is 0 Å². The van der Waals surface area contributed by atoms with Crippen LogP contribution in [-0.4, -0.2) is 16.0 Å². The Balaban J connectivity index is 2.13. The Morgan fingerprint density at radius 2 is 1.77 bits per heavy atom. The van der Waals surface area contributed by atoms with E-state index in [1.807, 2.05) is 42.5 Å². The lowest BCUT2D eigenvalue weighted by molar-refractivity contribution is 0.760. The standard InChI is InChI=1S/C18H18BrN3/c1-3-12(2)20-18-15-6-4-5-7-16(15)21-17(22-18)13-8-10-14(19)11-9-13/h4-12H,3H2,1-2H3,(H,20,21,22). The van der Waals surface area contributed by atoms with Crippen molar-refractivity contribution in [3.05, 3.63) is 53.0 Å². The summed E-state index contributed by atoms with van der Waals surface area (Å²) in [4.78, 5) is 9.45. The summed E-state index contributed by atoms with van der Waals surface area (Å²) in [5.41, 5.74) is 1.97. The van der Waals surface area contributed by atoms with Crippen LogP contribution in [0.4, 0.5) is 5.82 Å². The van der Waals surface area contributed by atoms with Crippen LogP contribution < -0.4 is 5.32 Å². The highest BCUT2D eigenvalue weighted by Gasteiger charge is 2.10. The van der Waals surface area contributed by atoms with E-state index >= 15 is 0 Å². The second kappa shape index (κ2) is 6.44. The van der Waals surface area contributed by atoms with Gasteiger partial charge in [0.05, 0.1) is 5.52 Å². The molecule has 0 saturated heterocycles. The van der Waals surface area contributed by atoms with E-state index in [4.69, 9.17) is 9.97 Å². The minimum atomic E-state index is 0.371. The van der Waals surface area contributed by atoms with Crippen molar-refractivity contribution < 1.29 is 0 Å². The first-order valence-corrected chi connectivity index (χ1v) is 8.26. The molecule has 0 aliphatic heterocycles. The van der Waals surface area contributed by atoms with Crippen LogP contribution in [0, 0.1) is 0 Å². The molecule has 0 aliphatic carbocycles. The molecule has 4 heteroatoms. The topological polar surface area (TPSA) is 37.8 Å². The summed E-state index contributed by atoms with van der Waals surface area (Å²) < 4.78 is 1.05. The van der Waals surface area contributed by atoms with Crippen LogP contribution in [0.25, 0.3) is 22.3 Å². The molecule has 1 unspecified atom stereocenters. The molecule has 3 aromatic rings. The lowest BCUT2D eigenvalue weighted by Gasteiger charge is -2.15. The number of hydrogen-bond donors (Lipinski definition) is 1. The maximum atomic E-state index is 4.75. The van der Waals surface area contributed by atoms with E-state index < -0.39 is 0 Å². The Labute approximate surface area is 138 Å². The number of rotatable bonds is 4. The van der Waals surface area contributed by atoms with E-state index in [2.05, 4.69) is 41.2 Å². The minimum Gasteiger partial charge on any atom is -0.367 e. The number of fused-ring (bicyclic) bond motifs is 1. The fourth-order valence-electron chi connectivity index (χ4n) is 2.25. The number of halogens is 1. The van der Waals surface area contributed by atoms with Gasteiger partial charge in [-0.2, -0.15) is 0 Å². The Bertz CT molecular complexity index is 784. The first-order chi connectivity index (χ1) is 10.7. The summed E-state index contributed by atoms with van der Waals surface area (Å²) in [6.07, 6.45) is 1.05. The molecule has 0 radical (unpaired) electrons. The summed E-state index contributed by atoms with van der Waals surface area (Å²) >= 11 is 3.46. The first-order valence-electron chi connectivity index (χ1n) is 7.46. The molecule has 0 saturated carbocycles. The molecule has 0 amide bonds. The minimum absolute atomic E-state index is 0.371. The Morgan fingerprint density at radius 3 is 2.50 bits per heavy atom. The van der Waals surface area contributed by atoms with E-state index in [9.17, 15) is 0 Å². The Kier molecular flexibility index (Phi) is 4.39. The smallest absolute Gasteiger partial charge is 0.162 e. The van der Waals surface area contributed by atoms with E-state index in [1.165, 1.54) is 0 Å². The molecule has 3 rings (SSSR count). The molecule has 1 heterocycles. The number of para-hydroxylation sites is 1. The number of hydrogen-bond acceptors (Lipinski definition) is 3. The molecule has 0 spiro atoms. The van der Waals surface area contributed by atoms with Crippen molar-refractivity contribution in [2.45, 2.75) is 26.3 Å². The van der Waals surface area contributed by atoms with Gasteiger partial charge in [0.25, 0.3) is 0 Å². The van der Waals surface area contributed by atoms with Gasteiger partial charge in [0.2, 0.25) is 0 Å². The third kappa shape index (κ3) is 3.12. The maximum absolute atomic E-state index is 4.75. The molecule has 0 bridgehead atoms. The maximum Gasteiger partial charge on any atom is 0.162 e. The van der Waals surface area contributed by atoms with Crippen LogP contribution >= 0.6 is 15.9 Å². The molecule has 0 fully saturated rings. The molecule has 0 aliphatic rings.